The van der Waals surface area contributed by atoms with E-state index in [1.165, 1.54) is 0 Å². The first-order chi connectivity index (χ1) is 9.20. The molecule has 0 fully saturated rings. The van der Waals surface area contributed by atoms with Gasteiger partial charge in [0.25, 0.3) is 0 Å². The maximum absolute atomic E-state index is 11.4. The van der Waals surface area contributed by atoms with Gasteiger partial charge in [0, 0.05) is 12.2 Å². The second-order valence-electron chi connectivity index (χ2n) is 4.71. The van der Waals surface area contributed by atoms with E-state index in [-0.39, 0.29) is 12.2 Å². The summed E-state index contributed by atoms with van der Waals surface area (Å²) >= 11 is 0. The minimum absolute atomic E-state index is 0.0548. The van der Waals surface area contributed by atoms with Gasteiger partial charge in [-0.25, -0.2) is 9.59 Å². The summed E-state index contributed by atoms with van der Waals surface area (Å²) in [6.07, 6.45) is 0.522. The highest BCUT2D eigenvalue weighted by atomic mass is 16.7. The second-order valence-corrected chi connectivity index (χ2v) is 4.71. The van der Waals surface area contributed by atoms with E-state index >= 15 is 0 Å². The van der Waals surface area contributed by atoms with Crippen LogP contribution < -0.4 is 0 Å². The van der Waals surface area contributed by atoms with E-state index in [0.29, 0.717) is 0 Å². The standard InChI is InChI=1S/C14H24O6/c1-9(2)17-11(5)19-13(15)7-8-14(16)20-12(6)18-10(3)4/h7-12H,1-6H3. The molecule has 0 aromatic rings. The third-order valence-corrected chi connectivity index (χ3v) is 1.85. The molecule has 20 heavy (non-hydrogen) atoms. The smallest absolute Gasteiger partial charge is 0.333 e. The molecule has 6 nitrogen and oxygen atoms in total. The topological polar surface area (TPSA) is 71.1 Å². The van der Waals surface area contributed by atoms with Gasteiger partial charge in [0.2, 0.25) is 12.6 Å². The van der Waals surface area contributed by atoms with Gasteiger partial charge in [-0.3, -0.25) is 0 Å². The maximum atomic E-state index is 11.4. The van der Waals surface area contributed by atoms with Crippen LogP contribution in [0.1, 0.15) is 41.5 Å². The van der Waals surface area contributed by atoms with Crippen LogP contribution in [0.4, 0.5) is 0 Å². The monoisotopic (exact) mass is 288 g/mol. The van der Waals surface area contributed by atoms with E-state index in [4.69, 9.17) is 18.9 Å². The zero-order valence-corrected chi connectivity index (χ0v) is 12.9. The molecule has 0 saturated carbocycles. The average molecular weight is 288 g/mol. The fourth-order valence-corrected chi connectivity index (χ4v) is 1.36. The number of hydrogen-bond acceptors (Lipinski definition) is 6. The van der Waals surface area contributed by atoms with Gasteiger partial charge >= 0.3 is 11.9 Å². The first-order valence-corrected chi connectivity index (χ1v) is 6.61. The molecule has 2 atom stereocenters. The van der Waals surface area contributed by atoms with E-state index in [2.05, 4.69) is 0 Å². The SMILES string of the molecule is CC(C)OC(C)OC(=O)C=CC(=O)OC(C)OC(C)C. The lowest BCUT2D eigenvalue weighted by Gasteiger charge is -2.16. The molecular weight excluding hydrogens is 264 g/mol. The third-order valence-electron chi connectivity index (χ3n) is 1.85. The number of ether oxygens (including phenoxy) is 4. The number of carbonyl (C=O) groups excluding carboxylic acids is 2. The number of hydrogen-bond donors (Lipinski definition) is 0. The van der Waals surface area contributed by atoms with Crippen LogP contribution in [0.15, 0.2) is 12.2 Å². The zero-order valence-electron chi connectivity index (χ0n) is 12.9. The highest BCUT2D eigenvalue weighted by molar-refractivity contribution is 5.91. The normalized spacial score (nSPS) is 14.6. The predicted octanol–water partition coefficient (Wildman–Crippen LogP) is 2.17. The Morgan fingerprint density at radius 2 is 1.00 bits per heavy atom. The van der Waals surface area contributed by atoms with E-state index in [1.54, 1.807) is 13.8 Å². The molecule has 116 valence electrons. The van der Waals surface area contributed by atoms with E-state index < -0.39 is 24.5 Å². The largest absolute Gasteiger partial charge is 0.433 e. The Balaban J connectivity index is 4.08. The first-order valence-electron chi connectivity index (χ1n) is 6.61. The fourth-order valence-electron chi connectivity index (χ4n) is 1.36. The fraction of sp³-hybridized carbons (Fsp3) is 0.714. The summed E-state index contributed by atoms with van der Waals surface area (Å²) < 4.78 is 20.2. The Morgan fingerprint density at radius 3 is 1.25 bits per heavy atom. The zero-order chi connectivity index (χ0) is 15.7. The van der Waals surface area contributed by atoms with Crippen LogP contribution in [0, 0.1) is 0 Å². The Kier molecular flexibility index (Phi) is 8.83. The van der Waals surface area contributed by atoms with E-state index in [0.717, 1.165) is 12.2 Å². The Morgan fingerprint density at radius 1 is 0.700 bits per heavy atom. The van der Waals surface area contributed by atoms with Gasteiger partial charge in [0.05, 0.1) is 12.2 Å². The van der Waals surface area contributed by atoms with Gasteiger partial charge in [-0.05, 0) is 41.5 Å². The van der Waals surface area contributed by atoms with Gasteiger partial charge in [-0.1, -0.05) is 0 Å². The van der Waals surface area contributed by atoms with Gasteiger partial charge in [0.15, 0.2) is 0 Å². The lowest BCUT2D eigenvalue weighted by Crippen LogP contribution is -2.21. The van der Waals surface area contributed by atoms with Crippen LogP contribution in [0.2, 0.25) is 0 Å². The van der Waals surface area contributed by atoms with Crippen LogP contribution in [-0.2, 0) is 28.5 Å². The molecule has 0 heterocycles. The molecule has 0 aromatic carbocycles. The molecule has 0 radical (unpaired) electrons. The molecule has 0 amide bonds. The van der Waals surface area contributed by atoms with Crippen molar-refractivity contribution >= 4 is 11.9 Å². The van der Waals surface area contributed by atoms with Crippen molar-refractivity contribution in [1.82, 2.24) is 0 Å². The van der Waals surface area contributed by atoms with E-state index in [1.807, 2.05) is 27.7 Å². The minimum atomic E-state index is -0.675. The molecule has 0 bridgehead atoms. The molecule has 0 aliphatic carbocycles. The van der Waals surface area contributed by atoms with Crippen molar-refractivity contribution in [2.24, 2.45) is 0 Å². The molecule has 0 aromatic heterocycles. The number of rotatable bonds is 8. The first kappa shape index (κ1) is 18.6. The van der Waals surface area contributed by atoms with E-state index in [9.17, 15) is 9.59 Å². The molecule has 2 unspecified atom stereocenters. The molecule has 6 heteroatoms. The van der Waals surface area contributed by atoms with Crippen molar-refractivity contribution in [3.05, 3.63) is 12.2 Å². The van der Waals surface area contributed by atoms with Gasteiger partial charge in [-0.15, -0.1) is 0 Å². The third kappa shape index (κ3) is 10.5. The Labute approximate surface area is 120 Å². The van der Waals surface area contributed by atoms with Crippen molar-refractivity contribution in [3.8, 4) is 0 Å². The summed E-state index contributed by atoms with van der Waals surface area (Å²) in [5.41, 5.74) is 0. The van der Waals surface area contributed by atoms with Crippen LogP contribution >= 0.6 is 0 Å². The number of esters is 2. The van der Waals surface area contributed by atoms with Crippen molar-refractivity contribution in [2.75, 3.05) is 0 Å². The number of carbonyl (C=O) groups is 2. The van der Waals surface area contributed by atoms with Crippen molar-refractivity contribution in [3.63, 3.8) is 0 Å². The summed E-state index contributed by atoms with van der Waals surface area (Å²) in [6, 6.07) is 0. The van der Waals surface area contributed by atoms with Crippen LogP contribution in [0.5, 0.6) is 0 Å². The lowest BCUT2D eigenvalue weighted by molar-refractivity contribution is -0.178. The quantitative estimate of drug-likeness (QED) is 0.387. The van der Waals surface area contributed by atoms with Gasteiger partial charge in [0.1, 0.15) is 0 Å². The molecule has 0 aliphatic heterocycles. The van der Waals surface area contributed by atoms with Crippen LogP contribution in [-0.4, -0.2) is 36.7 Å². The van der Waals surface area contributed by atoms with Crippen molar-refractivity contribution in [2.45, 2.75) is 66.3 Å². The average Bonchev–Trinajstić information content (AvgIpc) is 2.23. The van der Waals surface area contributed by atoms with Gasteiger partial charge < -0.3 is 18.9 Å². The molecule has 0 N–H and O–H groups in total. The summed E-state index contributed by atoms with van der Waals surface area (Å²) in [5.74, 6) is -1.35. The minimum Gasteiger partial charge on any atom is -0.433 e. The molecule has 0 spiro atoms. The summed E-state index contributed by atoms with van der Waals surface area (Å²) in [7, 11) is 0. The highest BCUT2D eigenvalue weighted by Gasteiger charge is 2.11. The van der Waals surface area contributed by atoms with Crippen LogP contribution in [0.25, 0.3) is 0 Å². The molecule has 0 aliphatic rings. The molecule has 0 saturated heterocycles. The Bertz CT molecular complexity index is 303. The summed E-state index contributed by atoms with van der Waals surface area (Å²) in [4.78, 5) is 22.7. The second kappa shape index (κ2) is 9.50. The Hall–Kier alpha value is -1.40. The maximum Gasteiger partial charge on any atom is 0.333 e. The molecule has 0 rings (SSSR count). The predicted molar refractivity (Wildman–Crippen MR) is 72.7 cm³/mol. The van der Waals surface area contributed by atoms with Crippen molar-refractivity contribution < 1.29 is 28.5 Å². The summed E-state index contributed by atoms with van der Waals surface area (Å²) in [6.45, 7) is 10.5. The van der Waals surface area contributed by atoms with Crippen LogP contribution in [0.3, 0.4) is 0 Å². The van der Waals surface area contributed by atoms with Crippen molar-refractivity contribution in [1.29, 1.82) is 0 Å². The molecular formula is C14H24O6. The van der Waals surface area contributed by atoms with Gasteiger partial charge in [-0.2, -0.15) is 0 Å². The summed E-state index contributed by atoms with van der Waals surface area (Å²) in [5, 5.41) is 0. The lowest BCUT2D eigenvalue weighted by atomic mass is 10.4. The highest BCUT2D eigenvalue weighted by Crippen LogP contribution is 2.02.